The van der Waals surface area contributed by atoms with Crippen LogP contribution in [0.3, 0.4) is 0 Å². The topological polar surface area (TPSA) is 96.6 Å². The minimum absolute atomic E-state index is 0.0425. The highest BCUT2D eigenvalue weighted by atomic mass is 16.4. The van der Waals surface area contributed by atoms with Crippen LogP contribution in [-0.2, 0) is 6.54 Å². The Morgan fingerprint density at radius 1 is 1.00 bits per heavy atom. The molecular weight excluding hydrogens is 334 g/mol. The quantitative estimate of drug-likeness (QED) is 0.593. The van der Waals surface area contributed by atoms with E-state index in [0.717, 1.165) is 23.5 Å². The SMILES string of the molecule is O=C(NCc1cc(=O)c(O)co1)c1cccc2c1C(=O)c1ccccc1-2. The first-order valence-corrected chi connectivity index (χ1v) is 7.92. The van der Waals surface area contributed by atoms with Gasteiger partial charge in [0.25, 0.3) is 5.91 Å². The van der Waals surface area contributed by atoms with E-state index in [-0.39, 0.29) is 23.7 Å². The van der Waals surface area contributed by atoms with Crippen LogP contribution in [0.1, 0.15) is 32.0 Å². The molecule has 0 spiro atoms. The van der Waals surface area contributed by atoms with Crippen LogP contribution in [0, 0.1) is 0 Å². The molecule has 2 N–H and O–H groups in total. The summed E-state index contributed by atoms with van der Waals surface area (Å²) in [6.07, 6.45) is 0.921. The largest absolute Gasteiger partial charge is 0.502 e. The molecule has 4 rings (SSSR count). The maximum atomic E-state index is 12.7. The number of ketones is 1. The molecule has 0 unspecified atom stereocenters. The zero-order chi connectivity index (χ0) is 18.3. The lowest BCUT2D eigenvalue weighted by molar-refractivity contribution is 0.0938. The normalized spacial score (nSPS) is 11.8. The van der Waals surface area contributed by atoms with Crippen molar-refractivity contribution in [2.45, 2.75) is 6.54 Å². The second-order valence-corrected chi connectivity index (χ2v) is 5.88. The minimum atomic E-state index is -0.591. The fourth-order valence-corrected chi connectivity index (χ4v) is 3.06. The van der Waals surface area contributed by atoms with Gasteiger partial charge in [-0.3, -0.25) is 14.4 Å². The van der Waals surface area contributed by atoms with E-state index in [2.05, 4.69) is 5.32 Å². The van der Waals surface area contributed by atoms with Crippen molar-refractivity contribution in [2.75, 3.05) is 0 Å². The molecule has 0 atom stereocenters. The van der Waals surface area contributed by atoms with E-state index in [1.165, 1.54) is 0 Å². The number of carbonyl (C=O) groups excluding carboxylic acids is 2. The van der Waals surface area contributed by atoms with Gasteiger partial charge in [0.1, 0.15) is 12.0 Å². The van der Waals surface area contributed by atoms with Gasteiger partial charge in [-0.1, -0.05) is 36.4 Å². The van der Waals surface area contributed by atoms with Crippen molar-refractivity contribution in [3.8, 4) is 16.9 Å². The van der Waals surface area contributed by atoms with Crippen molar-refractivity contribution in [3.63, 3.8) is 0 Å². The highest BCUT2D eigenvalue weighted by molar-refractivity contribution is 6.25. The van der Waals surface area contributed by atoms with E-state index in [0.29, 0.717) is 11.1 Å². The summed E-state index contributed by atoms with van der Waals surface area (Å²) < 4.78 is 5.06. The van der Waals surface area contributed by atoms with Crippen LogP contribution in [-0.4, -0.2) is 16.8 Å². The smallest absolute Gasteiger partial charge is 0.252 e. The molecule has 0 bridgehead atoms. The van der Waals surface area contributed by atoms with Crippen molar-refractivity contribution in [2.24, 2.45) is 0 Å². The lowest BCUT2D eigenvalue weighted by Crippen LogP contribution is -2.25. The van der Waals surface area contributed by atoms with Crippen LogP contribution in [0.25, 0.3) is 11.1 Å². The number of hydrogen-bond donors (Lipinski definition) is 2. The van der Waals surface area contributed by atoms with Crippen LogP contribution in [0.5, 0.6) is 5.75 Å². The standard InChI is InChI=1S/C20H13NO5/c22-16-8-11(26-10-17(16)23)9-21-20(25)15-7-3-6-13-12-4-1-2-5-14(12)19(24)18(13)15/h1-8,10,23H,9H2,(H,21,25). The van der Waals surface area contributed by atoms with Gasteiger partial charge in [-0.05, 0) is 17.2 Å². The van der Waals surface area contributed by atoms with Gasteiger partial charge in [-0.2, -0.15) is 0 Å². The fourth-order valence-electron chi connectivity index (χ4n) is 3.06. The van der Waals surface area contributed by atoms with Gasteiger partial charge >= 0.3 is 0 Å². The number of carbonyl (C=O) groups is 2. The Morgan fingerprint density at radius 2 is 1.73 bits per heavy atom. The van der Waals surface area contributed by atoms with Crippen LogP contribution in [0.4, 0.5) is 0 Å². The first kappa shape index (κ1) is 15.8. The molecule has 128 valence electrons. The first-order valence-electron chi connectivity index (χ1n) is 7.92. The Bertz CT molecular complexity index is 1110. The van der Waals surface area contributed by atoms with E-state index in [1.807, 2.05) is 18.2 Å². The molecule has 6 nitrogen and oxygen atoms in total. The summed E-state index contributed by atoms with van der Waals surface area (Å²) in [6.45, 7) is -0.0425. The molecule has 1 aromatic heterocycles. The molecule has 0 radical (unpaired) electrons. The number of fused-ring (bicyclic) bond motifs is 3. The van der Waals surface area contributed by atoms with Crippen molar-refractivity contribution >= 4 is 11.7 Å². The maximum Gasteiger partial charge on any atom is 0.252 e. The number of nitrogens with one attached hydrogen (secondary N) is 1. The van der Waals surface area contributed by atoms with Gasteiger partial charge in [-0.25, -0.2) is 0 Å². The Labute approximate surface area is 147 Å². The maximum absolute atomic E-state index is 12.7. The lowest BCUT2D eigenvalue weighted by Gasteiger charge is -2.08. The molecule has 6 heteroatoms. The monoisotopic (exact) mass is 347 g/mol. The van der Waals surface area contributed by atoms with Crippen molar-refractivity contribution in [3.05, 3.63) is 87.5 Å². The van der Waals surface area contributed by atoms with Crippen molar-refractivity contribution < 1.29 is 19.1 Å². The second-order valence-electron chi connectivity index (χ2n) is 5.88. The predicted octanol–water partition coefficient (Wildman–Crippen LogP) is 2.49. The van der Waals surface area contributed by atoms with E-state index in [4.69, 9.17) is 4.42 Å². The average Bonchev–Trinajstić information content (AvgIpc) is 2.95. The highest BCUT2D eigenvalue weighted by Crippen LogP contribution is 2.37. The minimum Gasteiger partial charge on any atom is -0.502 e. The third kappa shape index (κ3) is 2.48. The van der Waals surface area contributed by atoms with E-state index in [9.17, 15) is 19.5 Å². The summed E-state index contributed by atoms with van der Waals surface area (Å²) in [5.41, 5.74) is 2.17. The van der Waals surface area contributed by atoms with E-state index < -0.39 is 17.1 Å². The molecule has 1 aliphatic rings. The summed E-state index contributed by atoms with van der Waals surface area (Å²) in [7, 11) is 0. The summed E-state index contributed by atoms with van der Waals surface area (Å²) in [5.74, 6) is -0.927. The second kappa shape index (κ2) is 6.00. The van der Waals surface area contributed by atoms with Gasteiger partial charge in [0.05, 0.1) is 12.1 Å². The number of hydrogen-bond acceptors (Lipinski definition) is 5. The Balaban J connectivity index is 1.63. The molecule has 1 heterocycles. The van der Waals surface area contributed by atoms with Gasteiger partial charge in [-0.15, -0.1) is 0 Å². The van der Waals surface area contributed by atoms with Crippen LogP contribution in [0.15, 0.2) is 64.0 Å². The third-order valence-electron chi connectivity index (χ3n) is 4.29. The van der Waals surface area contributed by atoms with Crippen molar-refractivity contribution in [1.82, 2.24) is 5.32 Å². The van der Waals surface area contributed by atoms with E-state index >= 15 is 0 Å². The molecule has 1 aliphatic carbocycles. The highest BCUT2D eigenvalue weighted by Gasteiger charge is 2.30. The Hall–Kier alpha value is -3.67. The Kier molecular flexibility index (Phi) is 3.65. The predicted molar refractivity (Wildman–Crippen MR) is 93.1 cm³/mol. The van der Waals surface area contributed by atoms with Crippen molar-refractivity contribution in [1.29, 1.82) is 0 Å². The molecular formula is C20H13NO5. The van der Waals surface area contributed by atoms with Crippen LogP contribution < -0.4 is 10.7 Å². The van der Waals surface area contributed by atoms with Gasteiger partial charge < -0.3 is 14.8 Å². The summed E-state index contributed by atoms with van der Waals surface area (Å²) in [4.78, 5) is 36.7. The van der Waals surface area contributed by atoms with Crippen LogP contribution >= 0.6 is 0 Å². The molecule has 0 fully saturated rings. The lowest BCUT2D eigenvalue weighted by atomic mass is 10.0. The zero-order valence-corrected chi connectivity index (χ0v) is 13.5. The zero-order valence-electron chi connectivity index (χ0n) is 13.5. The molecule has 26 heavy (non-hydrogen) atoms. The third-order valence-corrected chi connectivity index (χ3v) is 4.29. The summed E-state index contributed by atoms with van der Waals surface area (Å²) >= 11 is 0. The molecule has 3 aromatic rings. The molecule has 1 amide bonds. The molecule has 2 aromatic carbocycles. The number of amides is 1. The molecule has 0 aliphatic heterocycles. The van der Waals surface area contributed by atoms with Gasteiger partial charge in [0.2, 0.25) is 5.43 Å². The molecule has 0 saturated carbocycles. The van der Waals surface area contributed by atoms with Gasteiger partial charge in [0.15, 0.2) is 11.5 Å². The van der Waals surface area contributed by atoms with Gasteiger partial charge in [0, 0.05) is 17.2 Å². The van der Waals surface area contributed by atoms with Crippen LogP contribution in [0.2, 0.25) is 0 Å². The van der Waals surface area contributed by atoms with E-state index in [1.54, 1.807) is 24.3 Å². The Morgan fingerprint density at radius 3 is 2.50 bits per heavy atom. The number of aromatic hydroxyl groups is 1. The molecule has 0 saturated heterocycles. The number of rotatable bonds is 3. The summed E-state index contributed by atoms with van der Waals surface area (Å²) in [6, 6.07) is 13.5. The average molecular weight is 347 g/mol. The fraction of sp³-hybridized carbons (Fsp3) is 0.0500. The summed E-state index contributed by atoms with van der Waals surface area (Å²) in [5, 5.41) is 11.8. The number of benzene rings is 2. The first-order chi connectivity index (χ1) is 12.6.